The largest absolute Gasteiger partial charge is 0.397 e. The van der Waals surface area contributed by atoms with E-state index in [1.165, 1.54) is 13.8 Å². The molecule has 0 aromatic heterocycles. The highest BCUT2D eigenvalue weighted by Gasteiger charge is 2.58. The van der Waals surface area contributed by atoms with Crippen LogP contribution in [0.5, 0.6) is 0 Å². The van der Waals surface area contributed by atoms with Crippen LogP contribution in [-0.4, -0.2) is 312 Å². The van der Waals surface area contributed by atoms with Crippen molar-refractivity contribution in [3.8, 4) is 0 Å². The normalized spacial score (nSPS) is 49.0. The van der Waals surface area contributed by atoms with Crippen LogP contribution in [0.2, 0.25) is 0 Å². The lowest BCUT2D eigenvalue weighted by molar-refractivity contribution is -0.393. The highest BCUT2D eigenvalue weighted by Crippen LogP contribution is 2.37. The van der Waals surface area contributed by atoms with Crippen molar-refractivity contribution in [3.05, 3.63) is 0 Å². The molecule has 34 nitrogen and oxygen atoms in total. The zero-order chi connectivity index (χ0) is 55.7. The molecule has 6 saturated heterocycles. The van der Waals surface area contributed by atoms with Crippen LogP contribution < -0.4 is 10.6 Å². The third-order valence-electron chi connectivity index (χ3n) is 13.3. The Morgan fingerprint density at radius 2 is 0.880 bits per heavy atom. The zero-order valence-corrected chi connectivity index (χ0v) is 41.1. The average Bonchev–Trinajstić information content (AvgIpc) is 3.34. The number of aliphatic hydroxyl groups excluding tert-OH is 15. The number of carbonyl (C=O) groups excluding carboxylic acids is 2. The number of hydrogen-bond acceptors (Lipinski definition) is 31. The summed E-state index contributed by atoms with van der Waals surface area (Å²) in [6.07, 6.45) is -53.4. The second-order valence-electron chi connectivity index (χ2n) is 18.7. The van der Waals surface area contributed by atoms with Crippen molar-refractivity contribution in [1.82, 2.24) is 10.6 Å². The molecule has 0 aromatic rings. The van der Waals surface area contributed by atoms with E-state index in [-0.39, 0.29) is 0 Å². The van der Waals surface area contributed by atoms with Gasteiger partial charge in [-0.3, -0.25) is 14.1 Å². The third kappa shape index (κ3) is 14.0. The lowest BCUT2D eigenvalue weighted by atomic mass is 9.94. The Morgan fingerprint density at radius 3 is 1.40 bits per heavy atom. The summed E-state index contributed by atoms with van der Waals surface area (Å²) in [5, 5.41) is 166. The van der Waals surface area contributed by atoms with E-state index in [1.54, 1.807) is 0 Å². The van der Waals surface area contributed by atoms with Crippen LogP contribution in [0, 0.1) is 0 Å². The molecule has 0 aromatic carbocycles. The van der Waals surface area contributed by atoms with Gasteiger partial charge in [0.1, 0.15) is 134 Å². The number of amides is 2. The molecule has 436 valence electrons. The van der Waals surface area contributed by atoms with Crippen LogP contribution in [0.1, 0.15) is 27.7 Å². The van der Waals surface area contributed by atoms with Crippen LogP contribution in [0.3, 0.4) is 0 Å². The van der Waals surface area contributed by atoms with E-state index in [4.69, 9.17) is 52.1 Å². The first kappa shape index (κ1) is 62.0. The Bertz CT molecular complexity index is 1970. The number of carbonyl (C=O) groups is 2. The average molecular weight is 1120 g/mol. The molecule has 30 atom stereocenters. The number of nitrogens with one attached hydrogen (secondary N) is 2. The summed E-state index contributed by atoms with van der Waals surface area (Å²) < 4.78 is 101. The molecule has 0 spiro atoms. The fourth-order valence-electron chi connectivity index (χ4n) is 9.32. The molecule has 6 rings (SSSR count). The topological polar surface area (TPSA) is 527 Å². The quantitative estimate of drug-likeness (QED) is 0.0567. The lowest BCUT2D eigenvalue weighted by Gasteiger charge is -2.51. The standard InChI is InChI=1S/C40H68N2O32S/c1-9-19(48)24(53)27(56)37(64-9)72-32-18(42-12(4)47)36(69-15(7-45)30(32)70-40-34(26(55)21(50)13(5-43)68-40)73-38-28(57)25(54)20(49)10(2)65-38)63-8-16-23(52)31(17(35(59)66-16)41-11(3)46)71-39-29(58)33(74-75(60,61)62)22(51)14(6-44)67-39/h9-10,13-40,43-45,48-59H,5-8H2,1-4H3,(H,41,46)(H,42,47)(H,60,61,62)/t9-,10-,13+,14+,15+,16+,17+,18+,19+,20+,21-,22-,23-,24+,25+,26-,27-,28-,29+,30+,31+,32+,33-,34+,35-,36+,37-,38-,39-,40-/m0/s1. The predicted octanol–water partition coefficient (Wildman–Crippen LogP) is -11.9. The molecule has 0 radical (unpaired) electrons. The molecule has 6 heterocycles. The molecule has 2 amide bonds. The number of ether oxygens (including phenoxy) is 11. The SMILES string of the molecule is CC(=O)N[C@@H]1[C@@H](O[C@@H]2O[C@H](CO)[C@H](O)[C@H](OS(=O)(=O)O)[C@H]2O)[C@@H](O)[C@@H](CO[C@@H]2O[C@H](CO)[C@@H](O[C@@H]3O[C@H](CO)[C@H](O)[C@H](O)[C@H]3O[C@@H]3O[C@@H](C)[C@@H](O)[C@@H](O)[C@@H]3O)[C@H](O[C@@H]3O[C@@H](C)[C@@H](O)[C@@H](O)[C@@H]3O)[C@H]2NC(C)=O)O[C@@H]1O. The molecule has 6 aliphatic heterocycles. The maximum atomic E-state index is 13.0. The van der Waals surface area contributed by atoms with E-state index in [2.05, 4.69) is 14.8 Å². The Balaban J connectivity index is 1.33. The molecule has 0 bridgehead atoms. The van der Waals surface area contributed by atoms with E-state index in [9.17, 15) is 99.2 Å². The van der Waals surface area contributed by atoms with Gasteiger partial charge in [0.2, 0.25) is 11.8 Å². The van der Waals surface area contributed by atoms with Gasteiger partial charge >= 0.3 is 10.4 Å². The first-order valence-electron chi connectivity index (χ1n) is 23.5. The summed E-state index contributed by atoms with van der Waals surface area (Å²) in [7, 11) is -5.40. The highest BCUT2D eigenvalue weighted by atomic mass is 32.3. The molecule has 6 fully saturated rings. The molecule has 0 saturated carbocycles. The van der Waals surface area contributed by atoms with Gasteiger partial charge in [0.15, 0.2) is 37.7 Å². The molecular formula is C40H68N2O32S. The van der Waals surface area contributed by atoms with Gasteiger partial charge in [0.25, 0.3) is 0 Å². The number of aliphatic hydroxyl groups is 15. The van der Waals surface area contributed by atoms with Gasteiger partial charge in [-0.25, -0.2) is 4.18 Å². The summed E-state index contributed by atoms with van der Waals surface area (Å²) >= 11 is 0. The second kappa shape index (κ2) is 25.9. The van der Waals surface area contributed by atoms with E-state index in [0.717, 1.165) is 13.8 Å². The minimum absolute atomic E-state index is 0.850. The smallest absolute Gasteiger partial charge is 0.394 e. The Morgan fingerprint density at radius 1 is 0.440 bits per heavy atom. The van der Waals surface area contributed by atoms with Crippen molar-refractivity contribution in [3.63, 3.8) is 0 Å². The maximum Gasteiger partial charge on any atom is 0.397 e. The molecule has 18 N–H and O–H groups in total. The molecule has 35 heteroatoms. The van der Waals surface area contributed by atoms with Gasteiger partial charge in [0.05, 0.1) is 38.6 Å². The van der Waals surface area contributed by atoms with Crippen LogP contribution in [-0.2, 0) is 76.3 Å². The number of hydrogen-bond donors (Lipinski definition) is 18. The predicted molar refractivity (Wildman–Crippen MR) is 230 cm³/mol. The van der Waals surface area contributed by atoms with E-state index in [0.29, 0.717) is 0 Å². The monoisotopic (exact) mass is 1120 g/mol. The summed E-state index contributed by atoms with van der Waals surface area (Å²) in [6.45, 7) is 0.503. The molecule has 0 unspecified atom stereocenters. The summed E-state index contributed by atoms with van der Waals surface area (Å²) in [6, 6.07) is -3.54. The van der Waals surface area contributed by atoms with Crippen molar-refractivity contribution in [2.45, 2.75) is 212 Å². The first-order chi connectivity index (χ1) is 35.1. The van der Waals surface area contributed by atoms with Gasteiger partial charge in [0, 0.05) is 13.8 Å². The highest BCUT2D eigenvalue weighted by molar-refractivity contribution is 7.80. The fraction of sp³-hybridized carbons (Fsp3) is 0.950. The van der Waals surface area contributed by atoms with Crippen molar-refractivity contribution >= 4 is 22.2 Å². The van der Waals surface area contributed by atoms with E-state index in [1.807, 2.05) is 0 Å². The van der Waals surface area contributed by atoms with E-state index < -0.39 is 233 Å². The number of rotatable bonds is 18. The Kier molecular flexibility index (Phi) is 21.4. The van der Waals surface area contributed by atoms with Gasteiger partial charge in [-0.1, -0.05) is 0 Å². The maximum absolute atomic E-state index is 13.0. The second-order valence-corrected chi connectivity index (χ2v) is 19.8. The van der Waals surface area contributed by atoms with Crippen LogP contribution in [0.4, 0.5) is 0 Å². The van der Waals surface area contributed by atoms with Gasteiger partial charge in [-0.2, -0.15) is 8.42 Å². The van der Waals surface area contributed by atoms with Crippen LogP contribution in [0.15, 0.2) is 0 Å². The van der Waals surface area contributed by atoms with E-state index >= 15 is 0 Å². The van der Waals surface area contributed by atoms with Crippen molar-refractivity contribution < 1.29 is 155 Å². The van der Waals surface area contributed by atoms with Crippen LogP contribution >= 0.6 is 0 Å². The molecule has 75 heavy (non-hydrogen) atoms. The minimum Gasteiger partial charge on any atom is -0.394 e. The van der Waals surface area contributed by atoms with Gasteiger partial charge in [-0.05, 0) is 13.8 Å². The Labute approximate surface area is 425 Å². The fourth-order valence-corrected chi connectivity index (χ4v) is 9.83. The van der Waals surface area contributed by atoms with Crippen molar-refractivity contribution in [2.24, 2.45) is 0 Å². The summed E-state index contributed by atoms with van der Waals surface area (Å²) in [4.78, 5) is 25.3. The first-order valence-corrected chi connectivity index (χ1v) is 24.8. The van der Waals surface area contributed by atoms with Gasteiger partial charge in [-0.15, -0.1) is 0 Å². The van der Waals surface area contributed by atoms with Gasteiger partial charge < -0.3 is 139 Å². The molecule has 6 aliphatic rings. The third-order valence-corrected chi connectivity index (χ3v) is 13.8. The summed E-state index contributed by atoms with van der Waals surface area (Å²) in [5.41, 5.74) is 0. The summed E-state index contributed by atoms with van der Waals surface area (Å²) in [5.74, 6) is -1.73. The minimum atomic E-state index is -5.40. The van der Waals surface area contributed by atoms with Crippen molar-refractivity contribution in [2.75, 3.05) is 26.4 Å². The van der Waals surface area contributed by atoms with Crippen molar-refractivity contribution in [1.29, 1.82) is 0 Å². The molecule has 0 aliphatic carbocycles. The Hall–Kier alpha value is -2.23. The lowest BCUT2D eigenvalue weighted by Crippen LogP contribution is -2.70. The van der Waals surface area contributed by atoms with Crippen LogP contribution in [0.25, 0.3) is 0 Å². The molecular weight excluding hydrogens is 1050 g/mol. The zero-order valence-electron chi connectivity index (χ0n) is 40.2.